The molecule has 2 rings (SSSR count). The Labute approximate surface area is 102 Å². The minimum Gasteiger partial charge on any atom is -0.394 e. The van der Waals surface area contributed by atoms with E-state index in [0.717, 1.165) is 0 Å². The quantitative estimate of drug-likeness (QED) is 0.871. The fraction of sp³-hybridized carbons (Fsp3) is 0.500. The fourth-order valence-electron chi connectivity index (χ4n) is 1.60. The second-order valence-electron chi connectivity index (χ2n) is 3.53. The second kappa shape index (κ2) is 5.14. The molecular formula is C10H12ClNO3S. The summed E-state index contributed by atoms with van der Waals surface area (Å²) >= 11 is 7.05. The Morgan fingerprint density at radius 2 is 2.50 bits per heavy atom. The van der Waals surface area contributed by atoms with Crippen molar-refractivity contribution < 1.29 is 14.6 Å². The van der Waals surface area contributed by atoms with Crippen molar-refractivity contribution in [2.45, 2.75) is 6.10 Å². The Bertz CT molecular complexity index is 382. The number of aliphatic hydroxyl groups is 1. The molecule has 1 aliphatic rings. The molecule has 1 fully saturated rings. The van der Waals surface area contributed by atoms with Crippen molar-refractivity contribution in [2.75, 3.05) is 26.3 Å². The third kappa shape index (κ3) is 2.55. The van der Waals surface area contributed by atoms with Crippen LogP contribution in [0.25, 0.3) is 0 Å². The molecule has 1 aliphatic heterocycles. The molecule has 1 N–H and O–H groups in total. The van der Waals surface area contributed by atoms with Crippen molar-refractivity contribution >= 4 is 28.8 Å². The summed E-state index contributed by atoms with van der Waals surface area (Å²) in [5, 5.41) is 8.98. The number of morpholine rings is 1. The standard InChI is InChI=1S/C10H12ClNO3S/c11-9-2-1-8(16-9)10(14)12-3-4-15-7(5-12)6-13/h1-2,7,13H,3-6H2. The Balaban J connectivity index is 2.04. The summed E-state index contributed by atoms with van der Waals surface area (Å²) in [6.07, 6.45) is -0.270. The highest BCUT2D eigenvalue weighted by Crippen LogP contribution is 2.23. The van der Waals surface area contributed by atoms with Crippen molar-refractivity contribution in [1.29, 1.82) is 0 Å². The van der Waals surface area contributed by atoms with E-state index in [9.17, 15) is 4.79 Å². The first-order valence-corrected chi connectivity index (χ1v) is 6.17. The monoisotopic (exact) mass is 261 g/mol. The van der Waals surface area contributed by atoms with Crippen LogP contribution < -0.4 is 0 Å². The normalized spacial score (nSPS) is 21.1. The van der Waals surface area contributed by atoms with Crippen LogP contribution in [0.15, 0.2) is 12.1 Å². The maximum absolute atomic E-state index is 12.0. The van der Waals surface area contributed by atoms with Crippen LogP contribution in [-0.2, 0) is 4.74 Å². The Morgan fingerprint density at radius 3 is 3.12 bits per heavy atom. The number of aliphatic hydroxyl groups excluding tert-OH is 1. The van der Waals surface area contributed by atoms with Crippen LogP contribution in [0.5, 0.6) is 0 Å². The van der Waals surface area contributed by atoms with Crippen LogP contribution in [0.2, 0.25) is 4.34 Å². The van der Waals surface area contributed by atoms with Crippen LogP contribution >= 0.6 is 22.9 Å². The van der Waals surface area contributed by atoms with Gasteiger partial charge in [0, 0.05) is 13.1 Å². The van der Waals surface area contributed by atoms with Gasteiger partial charge in [-0.25, -0.2) is 0 Å². The van der Waals surface area contributed by atoms with Crippen molar-refractivity contribution in [1.82, 2.24) is 4.90 Å². The van der Waals surface area contributed by atoms with Crippen molar-refractivity contribution in [3.05, 3.63) is 21.3 Å². The van der Waals surface area contributed by atoms with Crippen molar-refractivity contribution in [3.63, 3.8) is 0 Å². The molecule has 0 aromatic carbocycles. The minimum atomic E-state index is -0.270. The maximum atomic E-state index is 12.0. The van der Waals surface area contributed by atoms with Crippen LogP contribution in [0, 0.1) is 0 Å². The van der Waals surface area contributed by atoms with E-state index in [0.29, 0.717) is 28.9 Å². The van der Waals surface area contributed by atoms with Gasteiger partial charge in [0.15, 0.2) is 0 Å². The predicted octanol–water partition coefficient (Wildman–Crippen LogP) is 1.23. The molecule has 0 spiro atoms. The van der Waals surface area contributed by atoms with Crippen LogP contribution in [-0.4, -0.2) is 48.3 Å². The number of thiophene rings is 1. The number of nitrogens with zero attached hydrogens (tertiary/aromatic N) is 1. The number of hydrogen-bond acceptors (Lipinski definition) is 4. The minimum absolute atomic E-state index is 0.0429. The van der Waals surface area contributed by atoms with Crippen LogP contribution in [0.3, 0.4) is 0 Å². The van der Waals surface area contributed by atoms with Gasteiger partial charge in [-0.3, -0.25) is 4.79 Å². The van der Waals surface area contributed by atoms with E-state index in [4.69, 9.17) is 21.4 Å². The van der Waals surface area contributed by atoms with E-state index in [1.165, 1.54) is 11.3 Å². The molecule has 16 heavy (non-hydrogen) atoms. The molecule has 0 aliphatic carbocycles. The maximum Gasteiger partial charge on any atom is 0.264 e. The summed E-state index contributed by atoms with van der Waals surface area (Å²) in [4.78, 5) is 14.3. The summed E-state index contributed by atoms with van der Waals surface area (Å²) in [5.41, 5.74) is 0. The SMILES string of the molecule is O=C(c1ccc(Cl)s1)N1CCOC(CO)C1. The van der Waals surface area contributed by atoms with Gasteiger partial charge >= 0.3 is 0 Å². The number of carbonyl (C=O) groups is 1. The molecule has 2 heterocycles. The summed E-state index contributed by atoms with van der Waals surface area (Å²) in [7, 11) is 0. The lowest BCUT2D eigenvalue weighted by Crippen LogP contribution is -2.46. The third-order valence-electron chi connectivity index (χ3n) is 2.41. The molecule has 1 saturated heterocycles. The summed E-state index contributed by atoms with van der Waals surface area (Å²) in [6, 6.07) is 3.43. The molecule has 1 amide bonds. The lowest BCUT2D eigenvalue weighted by Gasteiger charge is -2.31. The molecule has 0 saturated carbocycles. The number of rotatable bonds is 2. The van der Waals surface area contributed by atoms with E-state index >= 15 is 0 Å². The van der Waals surface area contributed by atoms with Crippen LogP contribution in [0.1, 0.15) is 9.67 Å². The average Bonchev–Trinajstić information content (AvgIpc) is 2.75. The van der Waals surface area contributed by atoms with Gasteiger partial charge < -0.3 is 14.7 Å². The van der Waals surface area contributed by atoms with Gasteiger partial charge in [0.05, 0.1) is 28.5 Å². The third-order valence-corrected chi connectivity index (χ3v) is 3.63. The van der Waals surface area contributed by atoms with Crippen LogP contribution in [0.4, 0.5) is 0 Å². The molecule has 1 aromatic rings. The van der Waals surface area contributed by atoms with Gasteiger partial charge in [0.1, 0.15) is 0 Å². The lowest BCUT2D eigenvalue weighted by atomic mass is 10.2. The zero-order valence-corrected chi connectivity index (χ0v) is 10.1. The Hall–Kier alpha value is -0.620. The molecule has 6 heteroatoms. The molecule has 0 bridgehead atoms. The van der Waals surface area contributed by atoms with Gasteiger partial charge in [-0.1, -0.05) is 11.6 Å². The highest BCUT2D eigenvalue weighted by molar-refractivity contribution is 7.17. The number of carbonyl (C=O) groups excluding carboxylic acids is 1. The fourth-order valence-corrected chi connectivity index (χ4v) is 2.61. The number of ether oxygens (including phenoxy) is 1. The van der Waals surface area contributed by atoms with Gasteiger partial charge in [0.25, 0.3) is 5.91 Å². The summed E-state index contributed by atoms with van der Waals surface area (Å²) in [6.45, 7) is 1.40. The first-order valence-electron chi connectivity index (χ1n) is 4.98. The van der Waals surface area contributed by atoms with E-state index in [1.54, 1.807) is 17.0 Å². The molecule has 1 unspecified atom stereocenters. The molecule has 1 aromatic heterocycles. The molecule has 1 atom stereocenters. The van der Waals surface area contributed by atoms with Gasteiger partial charge in [-0.05, 0) is 12.1 Å². The first-order chi connectivity index (χ1) is 7.70. The van der Waals surface area contributed by atoms with E-state index in [-0.39, 0.29) is 18.6 Å². The first kappa shape index (κ1) is 11.9. The van der Waals surface area contributed by atoms with Gasteiger partial charge in [0.2, 0.25) is 0 Å². The molecular weight excluding hydrogens is 250 g/mol. The Kier molecular flexibility index (Phi) is 3.81. The van der Waals surface area contributed by atoms with Gasteiger partial charge in [-0.2, -0.15) is 0 Å². The average molecular weight is 262 g/mol. The van der Waals surface area contributed by atoms with Crippen molar-refractivity contribution in [2.24, 2.45) is 0 Å². The number of halogens is 1. The molecule has 4 nitrogen and oxygen atoms in total. The highest BCUT2D eigenvalue weighted by atomic mass is 35.5. The van der Waals surface area contributed by atoms with E-state index < -0.39 is 0 Å². The van der Waals surface area contributed by atoms with E-state index in [2.05, 4.69) is 0 Å². The van der Waals surface area contributed by atoms with Gasteiger partial charge in [-0.15, -0.1) is 11.3 Å². The van der Waals surface area contributed by atoms with Crippen molar-refractivity contribution in [3.8, 4) is 0 Å². The zero-order valence-electron chi connectivity index (χ0n) is 8.56. The molecule has 0 radical (unpaired) electrons. The zero-order chi connectivity index (χ0) is 11.5. The number of hydrogen-bond donors (Lipinski definition) is 1. The summed E-state index contributed by atoms with van der Waals surface area (Å²) < 4.78 is 5.89. The smallest absolute Gasteiger partial charge is 0.264 e. The topological polar surface area (TPSA) is 49.8 Å². The predicted molar refractivity (Wildman–Crippen MR) is 62.1 cm³/mol. The molecule has 88 valence electrons. The second-order valence-corrected chi connectivity index (χ2v) is 5.25. The number of amides is 1. The highest BCUT2D eigenvalue weighted by Gasteiger charge is 2.25. The summed E-state index contributed by atoms with van der Waals surface area (Å²) in [5.74, 6) is -0.0429. The Morgan fingerprint density at radius 1 is 1.69 bits per heavy atom. The van der Waals surface area contributed by atoms with E-state index in [1.807, 2.05) is 0 Å². The lowest BCUT2D eigenvalue weighted by molar-refractivity contribution is -0.0446. The largest absolute Gasteiger partial charge is 0.394 e.